The Morgan fingerprint density at radius 2 is 1.04 bits per heavy atom. The van der Waals surface area contributed by atoms with Crippen molar-refractivity contribution in [2.45, 2.75) is 0 Å². The van der Waals surface area contributed by atoms with Gasteiger partial charge in [0.25, 0.3) is 0 Å². The molecule has 0 unspecified atom stereocenters. The first-order chi connectivity index (χ1) is 25.3. The third-order valence-corrected chi connectivity index (χ3v) is 11.8. The number of para-hydroxylation sites is 1. The van der Waals surface area contributed by atoms with Gasteiger partial charge in [0, 0.05) is 36.5 Å². The van der Waals surface area contributed by atoms with Crippen molar-refractivity contribution in [2.75, 3.05) is 0 Å². The van der Waals surface area contributed by atoms with Gasteiger partial charge >= 0.3 is 0 Å². The number of rotatable bonds is 3. The van der Waals surface area contributed by atoms with Crippen LogP contribution < -0.4 is 0 Å². The Morgan fingerprint density at radius 3 is 1.92 bits per heavy atom. The van der Waals surface area contributed by atoms with Crippen molar-refractivity contribution >= 4 is 85.5 Å². The molecule has 51 heavy (non-hydrogen) atoms. The minimum absolute atomic E-state index is 1.02. The summed E-state index contributed by atoms with van der Waals surface area (Å²) in [5.41, 5.74) is 8.13. The minimum atomic E-state index is 1.02. The summed E-state index contributed by atoms with van der Waals surface area (Å²) in [7, 11) is 0. The summed E-state index contributed by atoms with van der Waals surface area (Å²) in [5.74, 6) is 0. The molecule has 0 aliphatic heterocycles. The summed E-state index contributed by atoms with van der Waals surface area (Å²) < 4.78 is 2.60. The third kappa shape index (κ3) is 4.37. The lowest BCUT2D eigenvalue weighted by Crippen LogP contribution is -1.91. The molecule has 0 aliphatic carbocycles. The lowest BCUT2D eigenvalue weighted by Gasteiger charge is -2.16. The molecule has 0 bridgehead atoms. The standard InChI is InChI=1S/C49H29NS/c1-2-11-33-28-35(25-20-30(33)10-1)36-16-9-17-40-43(36)29-34-12-3-4-13-37(34)46(40)31-21-23-32(24-22-31)48-47-41(38-14-5-7-18-44(38)50-48)26-27-42-39-15-6-8-19-45(39)51-49(42)47/h1-29H. The summed E-state index contributed by atoms with van der Waals surface area (Å²) in [6.45, 7) is 0. The Kier molecular flexibility index (Phi) is 6.19. The van der Waals surface area contributed by atoms with Crippen molar-refractivity contribution in [2.24, 2.45) is 0 Å². The number of thiophene rings is 1. The summed E-state index contributed by atoms with van der Waals surface area (Å²) in [6, 6.07) is 64.4. The van der Waals surface area contributed by atoms with Crippen LogP contribution in [0.4, 0.5) is 0 Å². The van der Waals surface area contributed by atoms with E-state index in [2.05, 4.69) is 176 Å². The molecule has 1 nitrogen and oxygen atoms in total. The molecule has 0 saturated heterocycles. The van der Waals surface area contributed by atoms with Gasteiger partial charge in [-0.15, -0.1) is 11.3 Å². The molecule has 0 saturated carbocycles. The normalized spacial score (nSPS) is 11.9. The molecule has 2 heteroatoms. The van der Waals surface area contributed by atoms with E-state index in [1.54, 1.807) is 0 Å². The summed E-state index contributed by atoms with van der Waals surface area (Å²) in [4.78, 5) is 5.37. The first-order valence-corrected chi connectivity index (χ1v) is 18.3. The fraction of sp³-hybridized carbons (Fsp3) is 0. The van der Waals surface area contributed by atoms with E-state index >= 15 is 0 Å². The second kappa shape index (κ2) is 11.1. The fourth-order valence-corrected chi connectivity index (χ4v) is 9.49. The van der Waals surface area contributed by atoms with E-state index < -0.39 is 0 Å². The summed E-state index contributed by atoms with van der Waals surface area (Å²) >= 11 is 1.87. The number of aromatic nitrogens is 1. The maximum atomic E-state index is 5.37. The Balaban J connectivity index is 1.14. The molecular weight excluding hydrogens is 635 g/mol. The molecule has 0 N–H and O–H groups in total. The van der Waals surface area contributed by atoms with Crippen LogP contribution in [0.3, 0.4) is 0 Å². The number of benzene rings is 9. The third-order valence-electron chi connectivity index (χ3n) is 10.6. The Bertz CT molecular complexity index is 3190. The Labute approximate surface area is 298 Å². The molecular formula is C49H29NS. The van der Waals surface area contributed by atoms with Crippen LogP contribution in [0.1, 0.15) is 0 Å². The monoisotopic (exact) mass is 663 g/mol. The first kappa shape index (κ1) is 28.5. The van der Waals surface area contributed by atoms with Crippen LogP contribution >= 0.6 is 11.3 Å². The van der Waals surface area contributed by atoms with E-state index in [-0.39, 0.29) is 0 Å². The van der Waals surface area contributed by atoms with E-state index in [0.29, 0.717) is 0 Å². The molecule has 11 aromatic rings. The van der Waals surface area contributed by atoms with Gasteiger partial charge in [0.1, 0.15) is 0 Å². The quantitative estimate of drug-likeness (QED) is 0.135. The number of nitrogens with zero attached hydrogens (tertiary/aromatic N) is 1. The SMILES string of the molecule is c1ccc2cc(-c3cccc4c(-c5ccc(-c6nc7ccccc7c7ccc8c9ccccc9sc8c67)cc5)c5ccccc5cc34)ccc2c1. The van der Waals surface area contributed by atoms with Gasteiger partial charge in [-0.3, -0.25) is 0 Å². The van der Waals surface area contributed by atoms with Gasteiger partial charge in [0.05, 0.1) is 11.2 Å². The highest BCUT2D eigenvalue weighted by Gasteiger charge is 2.18. The molecule has 0 radical (unpaired) electrons. The minimum Gasteiger partial charge on any atom is -0.247 e. The smallest absolute Gasteiger partial charge is 0.0802 e. The van der Waals surface area contributed by atoms with E-state index in [0.717, 1.165) is 16.8 Å². The summed E-state index contributed by atoms with van der Waals surface area (Å²) in [6.07, 6.45) is 0. The van der Waals surface area contributed by atoms with E-state index in [4.69, 9.17) is 4.98 Å². The molecule has 0 atom stereocenters. The Morgan fingerprint density at radius 1 is 0.373 bits per heavy atom. The largest absolute Gasteiger partial charge is 0.247 e. The fourth-order valence-electron chi connectivity index (χ4n) is 8.24. The molecule has 11 rings (SSSR count). The van der Waals surface area contributed by atoms with Crippen molar-refractivity contribution < 1.29 is 0 Å². The van der Waals surface area contributed by atoms with Crippen LogP contribution in [-0.2, 0) is 0 Å². The molecule has 0 aliphatic rings. The molecule has 2 heterocycles. The van der Waals surface area contributed by atoms with E-state index in [1.807, 2.05) is 11.3 Å². The van der Waals surface area contributed by atoms with Crippen molar-refractivity contribution in [1.82, 2.24) is 4.98 Å². The van der Waals surface area contributed by atoms with Crippen LogP contribution in [0, 0.1) is 0 Å². The zero-order valence-corrected chi connectivity index (χ0v) is 28.4. The molecule has 0 fully saturated rings. The van der Waals surface area contributed by atoms with E-state index in [9.17, 15) is 0 Å². The van der Waals surface area contributed by atoms with Gasteiger partial charge in [-0.05, 0) is 84.2 Å². The highest BCUT2D eigenvalue weighted by atomic mass is 32.1. The van der Waals surface area contributed by atoms with Crippen LogP contribution in [0.15, 0.2) is 176 Å². The molecule has 9 aromatic carbocycles. The zero-order valence-electron chi connectivity index (χ0n) is 27.6. The highest BCUT2D eigenvalue weighted by molar-refractivity contribution is 7.26. The predicted molar refractivity (Wildman–Crippen MR) is 221 cm³/mol. The second-order valence-corrected chi connectivity index (χ2v) is 14.5. The van der Waals surface area contributed by atoms with Crippen LogP contribution in [0.2, 0.25) is 0 Å². The van der Waals surface area contributed by atoms with Gasteiger partial charge in [-0.25, -0.2) is 4.98 Å². The van der Waals surface area contributed by atoms with Crippen LogP contribution in [-0.4, -0.2) is 4.98 Å². The maximum Gasteiger partial charge on any atom is 0.0802 e. The number of hydrogen-bond acceptors (Lipinski definition) is 2. The summed E-state index contributed by atoms with van der Waals surface area (Å²) in [5, 5.41) is 13.8. The number of fused-ring (bicyclic) bond motifs is 10. The van der Waals surface area contributed by atoms with Crippen LogP contribution in [0.5, 0.6) is 0 Å². The zero-order chi connectivity index (χ0) is 33.5. The number of hydrogen-bond donors (Lipinski definition) is 0. The highest BCUT2D eigenvalue weighted by Crippen LogP contribution is 2.45. The van der Waals surface area contributed by atoms with Crippen molar-refractivity contribution in [3.8, 4) is 33.5 Å². The first-order valence-electron chi connectivity index (χ1n) is 17.5. The van der Waals surface area contributed by atoms with Gasteiger partial charge in [-0.1, -0.05) is 152 Å². The van der Waals surface area contributed by atoms with Gasteiger partial charge < -0.3 is 0 Å². The maximum absolute atomic E-state index is 5.37. The van der Waals surface area contributed by atoms with Gasteiger partial charge in [0.2, 0.25) is 0 Å². The number of pyridine rings is 1. The average Bonchev–Trinajstić information content (AvgIpc) is 3.58. The topological polar surface area (TPSA) is 12.9 Å². The molecule has 2 aromatic heterocycles. The van der Waals surface area contributed by atoms with Crippen molar-refractivity contribution in [1.29, 1.82) is 0 Å². The lowest BCUT2D eigenvalue weighted by atomic mass is 9.88. The van der Waals surface area contributed by atoms with Crippen molar-refractivity contribution in [3.63, 3.8) is 0 Å². The average molecular weight is 664 g/mol. The lowest BCUT2D eigenvalue weighted by molar-refractivity contribution is 1.43. The molecule has 236 valence electrons. The van der Waals surface area contributed by atoms with Gasteiger partial charge in [0.15, 0.2) is 0 Å². The second-order valence-electron chi connectivity index (χ2n) is 13.5. The van der Waals surface area contributed by atoms with Crippen molar-refractivity contribution in [3.05, 3.63) is 176 Å². The van der Waals surface area contributed by atoms with Gasteiger partial charge in [-0.2, -0.15) is 0 Å². The predicted octanol–water partition coefficient (Wildman–Crippen LogP) is 14.2. The van der Waals surface area contributed by atoms with Crippen LogP contribution in [0.25, 0.3) is 108 Å². The molecule has 0 spiro atoms. The Hall–Kier alpha value is -6.35. The van der Waals surface area contributed by atoms with E-state index in [1.165, 1.54) is 90.9 Å². The molecule has 0 amide bonds.